The summed E-state index contributed by atoms with van der Waals surface area (Å²) >= 11 is 9.28. The molecule has 0 spiro atoms. The number of thiocarbonyl (C=S) groups is 1. The van der Waals surface area contributed by atoms with E-state index in [0.29, 0.717) is 5.11 Å². The van der Waals surface area contributed by atoms with E-state index in [4.69, 9.17) is 12.2 Å². The van der Waals surface area contributed by atoms with E-state index in [-0.39, 0.29) is 17.6 Å². The summed E-state index contributed by atoms with van der Waals surface area (Å²) in [6, 6.07) is 16.5. The summed E-state index contributed by atoms with van der Waals surface area (Å²) in [5.74, 6) is 0. The van der Waals surface area contributed by atoms with Gasteiger partial charge >= 0.3 is 0 Å². The Balaban J connectivity index is 1.81. The first-order chi connectivity index (χ1) is 13.3. The van der Waals surface area contributed by atoms with Crippen molar-refractivity contribution in [2.24, 2.45) is 0 Å². The fourth-order valence-corrected chi connectivity index (χ4v) is 4.19. The molecule has 0 unspecified atom stereocenters. The number of aromatic nitrogens is 2. The maximum absolute atomic E-state index is 5.76. The molecule has 144 valence electrons. The Bertz CT molecular complexity index is 976. The number of nitrogens with zero attached hydrogens (tertiary/aromatic N) is 3. The summed E-state index contributed by atoms with van der Waals surface area (Å²) in [4.78, 5) is 6.80. The number of pyridine rings is 1. The van der Waals surface area contributed by atoms with Gasteiger partial charge in [-0.1, -0.05) is 22.0 Å². The molecular weight excluding hydrogens is 432 g/mol. The van der Waals surface area contributed by atoms with Gasteiger partial charge in [0.05, 0.1) is 17.8 Å². The molecule has 1 saturated heterocycles. The smallest absolute Gasteiger partial charge is 0.174 e. The highest BCUT2D eigenvalue weighted by atomic mass is 79.9. The van der Waals surface area contributed by atoms with Crippen LogP contribution >= 0.6 is 28.1 Å². The molecule has 1 N–H and O–H groups in total. The van der Waals surface area contributed by atoms with E-state index in [0.717, 1.165) is 15.9 Å². The van der Waals surface area contributed by atoms with Crippen molar-refractivity contribution in [2.45, 2.75) is 38.4 Å². The van der Waals surface area contributed by atoms with Gasteiger partial charge in [-0.2, -0.15) is 0 Å². The first-order valence-electron chi connectivity index (χ1n) is 9.29. The molecule has 1 aliphatic heterocycles. The SMILES string of the molecule is CC(C)(C)n1ccc([C@H]2[C@H](c3ccccn3)NC(=S)N2c2ccc(Br)cc2)c1. The van der Waals surface area contributed by atoms with Gasteiger partial charge in [0.15, 0.2) is 5.11 Å². The second kappa shape index (κ2) is 7.33. The van der Waals surface area contributed by atoms with Crippen molar-refractivity contribution in [2.75, 3.05) is 4.90 Å². The van der Waals surface area contributed by atoms with Gasteiger partial charge in [0.25, 0.3) is 0 Å². The molecule has 2 aromatic heterocycles. The molecule has 0 amide bonds. The first-order valence-corrected chi connectivity index (χ1v) is 10.5. The van der Waals surface area contributed by atoms with E-state index in [2.05, 4.69) is 93.1 Å². The Kier molecular flexibility index (Phi) is 5.02. The van der Waals surface area contributed by atoms with Crippen LogP contribution in [0.15, 0.2) is 71.6 Å². The van der Waals surface area contributed by atoms with Gasteiger partial charge in [0.2, 0.25) is 0 Å². The third-order valence-corrected chi connectivity index (χ3v) is 5.88. The van der Waals surface area contributed by atoms with Crippen molar-refractivity contribution in [3.63, 3.8) is 0 Å². The Morgan fingerprint density at radius 1 is 1.07 bits per heavy atom. The van der Waals surface area contributed by atoms with Crippen LogP contribution in [0, 0.1) is 0 Å². The molecule has 3 aromatic rings. The quantitative estimate of drug-likeness (QED) is 0.523. The number of halogens is 1. The number of rotatable bonds is 3. The fraction of sp³-hybridized carbons (Fsp3) is 0.273. The van der Waals surface area contributed by atoms with E-state index >= 15 is 0 Å². The molecule has 0 saturated carbocycles. The van der Waals surface area contributed by atoms with Crippen molar-refractivity contribution < 1.29 is 0 Å². The number of hydrogen-bond donors (Lipinski definition) is 1. The zero-order chi connectivity index (χ0) is 19.9. The lowest BCUT2D eigenvalue weighted by molar-refractivity contribution is 0.397. The van der Waals surface area contributed by atoms with E-state index in [1.54, 1.807) is 0 Å². The van der Waals surface area contributed by atoms with Crippen molar-refractivity contribution in [1.29, 1.82) is 0 Å². The second-order valence-electron chi connectivity index (χ2n) is 8.00. The average molecular weight is 455 g/mol. The third-order valence-electron chi connectivity index (χ3n) is 5.03. The summed E-state index contributed by atoms with van der Waals surface area (Å²) in [6.07, 6.45) is 6.20. The van der Waals surface area contributed by atoms with Gasteiger partial charge in [-0.3, -0.25) is 4.98 Å². The molecule has 3 heterocycles. The van der Waals surface area contributed by atoms with Gasteiger partial charge in [0, 0.05) is 34.3 Å². The molecular formula is C22H23BrN4S. The minimum atomic E-state index is -0.0202. The van der Waals surface area contributed by atoms with Crippen LogP contribution in [-0.2, 0) is 5.54 Å². The molecule has 4 rings (SSSR count). The third kappa shape index (κ3) is 3.59. The second-order valence-corrected chi connectivity index (χ2v) is 9.30. The highest BCUT2D eigenvalue weighted by Crippen LogP contribution is 2.42. The lowest BCUT2D eigenvalue weighted by Crippen LogP contribution is -2.29. The lowest BCUT2D eigenvalue weighted by atomic mass is 9.98. The van der Waals surface area contributed by atoms with Gasteiger partial charge in [-0.05, 0) is 81.0 Å². The highest BCUT2D eigenvalue weighted by Gasteiger charge is 2.41. The van der Waals surface area contributed by atoms with E-state index in [9.17, 15) is 0 Å². The molecule has 6 heteroatoms. The summed E-state index contributed by atoms with van der Waals surface area (Å²) in [5.41, 5.74) is 3.28. The van der Waals surface area contributed by atoms with Crippen LogP contribution in [-0.4, -0.2) is 14.7 Å². The maximum atomic E-state index is 5.76. The molecule has 0 radical (unpaired) electrons. The minimum absolute atomic E-state index is 0.0202. The van der Waals surface area contributed by atoms with Crippen molar-refractivity contribution >= 4 is 38.9 Å². The Morgan fingerprint density at radius 3 is 2.43 bits per heavy atom. The Hall–Kier alpha value is -2.18. The Morgan fingerprint density at radius 2 is 1.82 bits per heavy atom. The van der Waals surface area contributed by atoms with Gasteiger partial charge in [0.1, 0.15) is 0 Å². The molecule has 1 aliphatic rings. The van der Waals surface area contributed by atoms with Gasteiger partial charge < -0.3 is 14.8 Å². The topological polar surface area (TPSA) is 33.1 Å². The summed E-state index contributed by atoms with van der Waals surface area (Å²) in [7, 11) is 0. The number of anilines is 1. The predicted octanol–water partition coefficient (Wildman–Crippen LogP) is 5.58. The summed E-state index contributed by atoms with van der Waals surface area (Å²) < 4.78 is 3.30. The molecule has 0 bridgehead atoms. The van der Waals surface area contributed by atoms with Crippen LogP contribution < -0.4 is 10.2 Å². The van der Waals surface area contributed by atoms with Crippen molar-refractivity contribution in [3.05, 3.63) is 82.9 Å². The number of hydrogen-bond acceptors (Lipinski definition) is 2. The average Bonchev–Trinajstić information content (AvgIpc) is 3.28. The monoisotopic (exact) mass is 454 g/mol. The normalized spacial score (nSPS) is 19.7. The van der Waals surface area contributed by atoms with Crippen molar-refractivity contribution in [3.8, 4) is 0 Å². The van der Waals surface area contributed by atoms with E-state index < -0.39 is 0 Å². The summed E-state index contributed by atoms with van der Waals surface area (Å²) in [5, 5.41) is 4.22. The van der Waals surface area contributed by atoms with E-state index in [1.165, 1.54) is 5.56 Å². The number of benzene rings is 1. The van der Waals surface area contributed by atoms with E-state index in [1.807, 2.05) is 30.5 Å². The molecule has 1 fully saturated rings. The minimum Gasteiger partial charge on any atom is -0.351 e. The predicted molar refractivity (Wildman–Crippen MR) is 122 cm³/mol. The zero-order valence-electron chi connectivity index (χ0n) is 16.1. The molecule has 2 atom stereocenters. The van der Waals surface area contributed by atoms with Gasteiger partial charge in [-0.25, -0.2) is 0 Å². The first kappa shape index (κ1) is 19.2. The van der Waals surface area contributed by atoms with Gasteiger partial charge in [-0.15, -0.1) is 0 Å². The van der Waals surface area contributed by atoms with Crippen LogP contribution in [0.1, 0.15) is 44.1 Å². The van der Waals surface area contributed by atoms with Crippen molar-refractivity contribution in [1.82, 2.24) is 14.9 Å². The largest absolute Gasteiger partial charge is 0.351 e. The van der Waals surface area contributed by atoms with Crippen LogP contribution in [0.5, 0.6) is 0 Å². The van der Waals surface area contributed by atoms with Crippen LogP contribution in [0.4, 0.5) is 5.69 Å². The van der Waals surface area contributed by atoms with Crippen LogP contribution in [0.2, 0.25) is 0 Å². The Labute approximate surface area is 179 Å². The standard InChI is InChI=1S/C22H23BrN4S/c1-22(2,3)26-13-11-15(14-26)20-19(18-6-4-5-12-24-18)25-21(28)27(20)17-9-7-16(23)8-10-17/h4-14,19-20H,1-3H3,(H,25,28)/t19-,20-/m0/s1. The fourth-order valence-electron chi connectivity index (χ4n) is 3.58. The molecule has 28 heavy (non-hydrogen) atoms. The molecule has 4 nitrogen and oxygen atoms in total. The lowest BCUT2D eigenvalue weighted by Gasteiger charge is -2.28. The highest BCUT2D eigenvalue weighted by molar-refractivity contribution is 9.10. The summed E-state index contributed by atoms with van der Waals surface area (Å²) in [6.45, 7) is 6.62. The molecule has 0 aliphatic carbocycles. The zero-order valence-corrected chi connectivity index (χ0v) is 18.5. The number of nitrogens with one attached hydrogen (secondary N) is 1. The van der Waals surface area contributed by atoms with Crippen LogP contribution in [0.3, 0.4) is 0 Å². The maximum Gasteiger partial charge on any atom is 0.174 e. The molecule has 1 aromatic carbocycles. The van der Waals surface area contributed by atoms with Crippen LogP contribution in [0.25, 0.3) is 0 Å².